The quantitative estimate of drug-likeness (QED) is 0.149. The first-order valence-electron chi connectivity index (χ1n) is 1.66. The van der Waals surface area contributed by atoms with Crippen molar-refractivity contribution in [2.24, 2.45) is 0 Å². The number of rotatable bonds is 0. The smallest absolute Gasteiger partial charge is 0.756 e. The van der Waals surface area contributed by atoms with Crippen molar-refractivity contribution in [3.63, 3.8) is 0 Å². The van der Waals surface area contributed by atoms with E-state index in [-0.39, 0.29) is 41.9 Å². The van der Waals surface area contributed by atoms with Crippen LogP contribution < -0.4 is 46.8 Å². The minimum Gasteiger partial charge on any atom is -0.756 e. The first-order chi connectivity index (χ1) is 4.00. The van der Waals surface area contributed by atoms with E-state index in [2.05, 4.69) is 0 Å². The van der Waals surface area contributed by atoms with Crippen LogP contribution in [0.2, 0.25) is 0 Å². The van der Waals surface area contributed by atoms with Crippen molar-refractivity contribution < 1.29 is 68.0 Å². The van der Waals surface area contributed by atoms with Crippen molar-refractivity contribution in [3.8, 4) is 0 Å². The summed E-state index contributed by atoms with van der Waals surface area (Å²) in [5.74, 6) is 0. The van der Waals surface area contributed by atoms with Crippen LogP contribution in [0.1, 0.15) is 0 Å². The Balaban J connectivity index is -0.0000000267. The molecule has 80 valence electrons. The van der Waals surface area contributed by atoms with Crippen LogP contribution in [0.3, 0.4) is 0 Å². The van der Waals surface area contributed by atoms with Gasteiger partial charge in [-0.05, 0) is 0 Å². The molecule has 0 unspecified atom stereocenters. The van der Waals surface area contributed by atoms with Crippen molar-refractivity contribution in [2.45, 2.75) is 0 Å². The molecule has 0 saturated carbocycles. The third-order valence-corrected chi connectivity index (χ3v) is 0. The summed E-state index contributed by atoms with van der Waals surface area (Å²) in [6, 6.07) is 0. The summed E-state index contributed by atoms with van der Waals surface area (Å²) in [5, 5.41) is 0. The molecule has 0 aliphatic carbocycles. The van der Waals surface area contributed by atoms with Gasteiger partial charge in [-0.25, -0.2) is 0 Å². The molecule has 0 aromatic heterocycles. The summed E-state index contributed by atoms with van der Waals surface area (Å²) < 4.78 is 8.77. The Morgan fingerprint density at radius 3 is 1.00 bits per heavy atom. The van der Waals surface area contributed by atoms with E-state index in [0.29, 0.717) is 0 Å². The summed E-state index contributed by atoms with van der Waals surface area (Å²) >= 11 is 0. The molecule has 10 nitrogen and oxygen atoms in total. The summed E-state index contributed by atoms with van der Waals surface area (Å²) in [7, 11) is -9.50. The van der Waals surface area contributed by atoms with Gasteiger partial charge >= 0.3 is 38.6 Å². The zero-order chi connectivity index (χ0) is 9.00. The molecule has 0 bridgehead atoms. The van der Waals surface area contributed by atoms with Gasteiger partial charge in [0.15, 0.2) is 0 Å². The molecule has 12 N–H and O–H groups in total. The molecule has 13 heavy (non-hydrogen) atoms. The van der Waals surface area contributed by atoms with Gasteiger partial charge in [-0.2, -0.15) is 0 Å². The minimum atomic E-state index is -4.89. The van der Waals surface area contributed by atoms with Gasteiger partial charge < -0.3 is 46.2 Å². The zero-order valence-electron chi connectivity index (χ0n) is 6.86. The Morgan fingerprint density at radius 2 is 1.00 bits per heavy atom. The topological polar surface area (TPSA) is 232 Å². The molecule has 0 amide bonds. The third-order valence-electron chi connectivity index (χ3n) is 0. The van der Waals surface area contributed by atoms with Gasteiger partial charge in [0.1, 0.15) is 0 Å². The van der Waals surface area contributed by atoms with E-state index in [1.807, 2.05) is 0 Å². The Kier molecular flexibility index (Phi) is 25.1. The van der Waals surface area contributed by atoms with Crippen LogP contribution in [0.25, 0.3) is 0 Å². The average molecular weight is 250 g/mol. The second kappa shape index (κ2) is 11.2. The van der Waals surface area contributed by atoms with Crippen LogP contribution in [-0.4, -0.2) is 38.0 Å². The number of hydrogen-bond donors (Lipinski definition) is 8. The molecular formula is H12N2NaO8PSi. The summed E-state index contributed by atoms with van der Waals surface area (Å²) in [6.45, 7) is 0. The predicted molar refractivity (Wildman–Crippen MR) is 36.7 cm³/mol. The van der Waals surface area contributed by atoms with E-state index in [4.69, 9.17) is 38.4 Å². The number of hydrogen-bond acceptors (Lipinski definition) is 8. The second-order valence-electron chi connectivity index (χ2n) is 1.09. The van der Waals surface area contributed by atoms with Gasteiger partial charge in [0, 0.05) is 0 Å². The largest absolute Gasteiger partial charge is 1.00 e. The molecule has 0 aromatic rings. The maximum absolute atomic E-state index is 8.77. The van der Waals surface area contributed by atoms with Gasteiger partial charge in [0.05, 0.1) is 0 Å². The zero-order valence-corrected chi connectivity index (χ0v) is 10.8. The standard InChI is InChI=1S/2H3N.Na.H3O4P.H4O4Si/c;;;2*1-5(2,3)4/h2*1H3;;(H3,1,2,3,4);1-4H/q;;+1;;/p-1. The Morgan fingerprint density at radius 1 is 1.00 bits per heavy atom. The molecule has 0 fully saturated rings. The molecule has 0 atom stereocenters. The molecule has 0 heterocycles. The predicted octanol–water partition coefficient (Wildman–Crippen LogP) is -6.84. The minimum absolute atomic E-state index is 0. The first-order valence-corrected chi connectivity index (χ1v) is 4.98. The summed E-state index contributed by atoms with van der Waals surface area (Å²) in [4.78, 5) is 52.2. The second-order valence-corrected chi connectivity index (χ2v) is 3.27. The van der Waals surface area contributed by atoms with Crippen molar-refractivity contribution in [2.75, 3.05) is 0 Å². The normalized spacial score (nSPS) is 9.15. The van der Waals surface area contributed by atoms with E-state index in [0.717, 1.165) is 0 Å². The van der Waals surface area contributed by atoms with Gasteiger partial charge in [0.2, 0.25) is 0 Å². The Bertz CT molecular complexity index is 114. The fraction of sp³-hybridized carbons (Fsp3) is 0. The molecular weight excluding hydrogens is 238 g/mol. The van der Waals surface area contributed by atoms with Gasteiger partial charge in [0.25, 0.3) is 7.82 Å². The first kappa shape index (κ1) is 29.2. The van der Waals surface area contributed by atoms with Crippen LogP contribution >= 0.6 is 7.82 Å². The monoisotopic (exact) mass is 250 g/mol. The van der Waals surface area contributed by atoms with E-state index in [1.54, 1.807) is 0 Å². The third kappa shape index (κ3) is 1360. The molecule has 0 aliphatic rings. The van der Waals surface area contributed by atoms with Crippen LogP contribution in [0, 0.1) is 0 Å². The molecule has 0 aliphatic heterocycles. The van der Waals surface area contributed by atoms with Crippen LogP contribution in [0.4, 0.5) is 0 Å². The molecule has 0 saturated heterocycles. The molecule has 0 aromatic carbocycles. The maximum atomic E-state index is 8.77. The fourth-order valence-corrected chi connectivity index (χ4v) is 0. The maximum Gasteiger partial charge on any atom is 1.00 e. The van der Waals surface area contributed by atoms with E-state index >= 15 is 0 Å². The van der Waals surface area contributed by atoms with E-state index in [1.165, 1.54) is 0 Å². The summed E-state index contributed by atoms with van der Waals surface area (Å²) in [5.41, 5.74) is 0. The summed E-state index contributed by atoms with van der Waals surface area (Å²) in [6.07, 6.45) is 0. The van der Waals surface area contributed by atoms with Gasteiger partial charge in [-0.15, -0.1) is 0 Å². The van der Waals surface area contributed by atoms with Crippen LogP contribution in [0.5, 0.6) is 0 Å². The van der Waals surface area contributed by atoms with Crippen molar-refractivity contribution in [1.29, 1.82) is 0 Å². The van der Waals surface area contributed by atoms with Crippen molar-refractivity contribution >= 4 is 16.9 Å². The molecule has 0 rings (SSSR count). The van der Waals surface area contributed by atoms with Crippen molar-refractivity contribution in [3.05, 3.63) is 0 Å². The average Bonchev–Trinajstić information content (AvgIpc) is 1.12. The Hall–Kier alpha value is 1.09. The fourth-order valence-electron chi connectivity index (χ4n) is 0. The van der Waals surface area contributed by atoms with E-state index in [9.17, 15) is 0 Å². The Labute approximate surface area is 97.0 Å². The van der Waals surface area contributed by atoms with E-state index < -0.39 is 16.9 Å². The van der Waals surface area contributed by atoms with Gasteiger partial charge in [-0.1, -0.05) is 0 Å². The van der Waals surface area contributed by atoms with Gasteiger partial charge in [-0.3, -0.25) is 4.57 Å². The van der Waals surface area contributed by atoms with Crippen molar-refractivity contribution in [1.82, 2.24) is 12.3 Å². The van der Waals surface area contributed by atoms with Crippen LogP contribution in [-0.2, 0) is 4.57 Å². The SMILES string of the molecule is N.N.O=P([O-])(O)O.O[Si](O)(O)O.[Na+]. The number of phosphoric acid groups is 1. The molecule has 13 heteroatoms. The van der Waals surface area contributed by atoms with Crippen LogP contribution in [0.15, 0.2) is 0 Å². The molecule has 0 spiro atoms. The molecule has 0 radical (unpaired) electrons.